The zero-order valence-electron chi connectivity index (χ0n) is 31.8. The molecule has 6 aromatic rings. The van der Waals surface area contributed by atoms with Crippen LogP contribution in [0.15, 0.2) is 79.1 Å². The van der Waals surface area contributed by atoms with E-state index in [4.69, 9.17) is 42.1 Å². The molecule has 0 aliphatic rings. The molecule has 0 radical (unpaired) electrons. The third kappa shape index (κ3) is 10.5. The van der Waals surface area contributed by atoms with Crippen LogP contribution in [0.5, 0.6) is 28.7 Å². The maximum absolute atomic E-state index is 11.6. The Hall–Kier alpha value is -5.34. The highest BCUT2D eigenvalue weighted by molar-refractivity contribution is 7.11. The molecule has 0 fully saturated rings. The molecule has 298 valence electrons. The fourth-order valence-electron chi connectivity index (χ4n) is 6.31. The lowest BCUT2D eigenvalue weighted by Gasteiger charge is -2.19. The van der Waals surface area contributed by atoms with Crippen LogP contribution in [0.1, 0.15) is 55.6 Å². The first kappa shape index (κ1) is 42.8. The van der Waals surface area contributed by atoms with E-state index < -0.39 is 23.8 Å². The molecule has 4 aromatic carbocycles. The lowest BCUT2D eigenvalue weighted by Crippen LogP contribution is -2.08. The fourth-order valence-corrected chi connectivity index (χ4v) is 8.60. The Bertz CT molecular complexity index is 2380. The zero-order valence-corrected chi connectivity index (χ0v) is 35.0. The maximum atomic E-state index is 11.6. The number of aliphatic carboxylic acids is 2. The van der Waals surface area contributed by atoms with E-state index in [0.29, 0.717) is 44.2 Å². The van der Waals surface area contributed by atoms with Crippen molar-refractivity contribution in [3.63, 3.8) is 0 Å². The van der Waals surface area contributed by atoms with Crippen molar-refractivity contribution in [3.8, 4) is 51.0 Å². The Morgan fingerprint density at radius 1 is 0.649 bits per heavy atom. The Kier molecular flexibility index (Phi) is 14.4. The van der Waals surface area contributed by atoms with Crippen LogP contribution < -0.4 is 18.9 Å². The normalized spacial score (nSPS) is 11.9. The summed E-state index contributed by atoms with van der Waals surface area (Å²) < 4.78 is 22.0. The second-order valence-electron chi connectivity index (χ2n) is 12.7. The molecule has 0 bridgehead atoms. The smallest absolute Gasteiger partial charge is 0.304 e. The number of aromatic nitrogens is 2. The minimum Gasteiger partial charge on any atom is -0.508 e. The Labute approximate surface area is 348 Å². The van der Waals surface area contributed by atoms with E-state index in [1.807, 2.05) is 26.0 Å². The molecule has 0 saturated heterocycles. The van der Waals surface area contributed by atoms with Crippen molar-refractivity contribution in [3.05, 3.63) is 120 Å². The topological polar surface area (TPSA) is 158 Å². The standard InChI is InChI=1S/C22H22ClNO5S.C20H18ClNO4S/c1-12-11-24-22(30-12)16(10-19(25)26)13-7-14(9-15(23)8-13)20-17(27-2)5-6-18(28-3)21(20)29-4;1-11-10-22-20(27-11)17(9-19(24)25)13-5-12(6-14(21)7-13)16-8-15(23)3-4-18(16)26-2/h5-9,11,16H,10H2,1-4H3,(H,25,26);3-8,10,17,23H,9H2,1-2H3,(H,24,25). The van der Waals surface area contributed by atoms with Crippen LogP contribution in [0.2, 0.25) is 10.0 Å². The highest BCUT2D eigenvalue weighted by Gasteiger charge is 2.25. The maximum Gasteiger partial charge on any atom is 0.304 e. The van der Waals surface area contributed by atoms with Gasteiger partial charge in [0.2, 0.25) is 0 Å². The van der Waals surface area contributed by atoms with E-state index in [0.717, 1.165) is 42.0 Å². The first-order chi connectivity index (χ1) is 27.2. The average Bonchev–Trinajstić information content (AvgIpc) is 3.82. The Balaban J connectivity index is 0.000000219. The van der Waals surface area contributed by atoms with E-state index >= 15 is 0 Å². The first-order valence-electron chi connectivity index (χ1n) is 17.3. The van der Waals surface area contributed by atoms with Crippen LogP contribution >= 0.6 is 45.9 Å². The predicted molar refractivity (Wildman–Crippen MR) is 224 cm³/mol. The van der Waals surface area contributed by atoms with Crippen LogP contribution in [-0.4, -0.2) is 65.7 Å². The van der Waals surface area contributed by atoms with E-state index in [1.54, 1.807) is 95.4 Å². The molecular formula is C42H40Cl2N2O9S2. The first-order valence-corrected chi connectivity index (χ1v) is 19.7. The molecule has 2 atom stereocenters. The number of thiazole rings is 2. The zero-order chi connectivity index (χ0) is 41.4. The number of carbonyl (C=O) groups is 2. The average molecular weight is 852 g/mol. The number of aromatic hydroxyl groups is 1. The summed E-state index contributed by atoms with van der Waals surface area (Å²) in [4.78, 5) is 33.8. The summed E-state index contributed by atoms with van der Waals surface area (Å²) in [6.07, 6.45) is 3.29. The minimum absolute atomic E-state index is 0.0933. The lowest BCUT2D eigenvalue weighted by atomic mass is 9.92. The number of phenols is 1. The number of hydrogen-bond donors (Lipinski definition) is 3. The quantitative estimate of drug-likeness (QED) is 0.0958. The number of nitrogens with zero attached hydrogens (tertiary/aromatic N) is 2. The molecule has 2 unspecified atom stereocenters. The van der Waals surface area contributed by atoms with Crippen LogP contribution in [-0.2, 0) is 9.59 Å². The highest BCUT2D eigenvalue weighted by atomic mass is 35.5. The fraction of sp³-hybridized carbons (Fsp3) is 0.238. The molecule has 3 N–H and O–H groups in total. The van der Waals surface area contributed by atoms with Gasteiger partial charge in [-0.05, 0) is 90.7 Å². The summed E-state index contributed by atoms with van der Waals surface area (Å²) in [5.74, 6) is -0.345. The van der Waals surface area contributed by atoms with Crippen LogP contribution in [0.3, 0.4) is 0 Å². The number of ether oxygens (including phenoxy) is 4. The van der Waals surface area contributed by atoms with Gasteiger partial charge in [-0.25, -0.2) is 9.97 Å². The van der Waals surface area contributed by atoms with Crippen LogP contribution in [0, 0.1) is 13.8 Å². The third-order valence-corrected chi connectivity index (χ3v) is 11.3. The number of aryl methyl sites for hydroxylation is 2. The van der Waals surface area contributed by atoms with Crippen molar-refractivity contribution in [1.82, 2.24) is 9.97 Å². The molecule has 0 spiro atoms. The van der Waals surface area contributed by atoms with Gasteiger partial charge in [0.15, 0.2) is 11.5 Å². The summed E-state index contributed by atoms with van der Waals surface area (Å²) in [5.41, 5.74) is 4.31. The van der Waals surface area contributed by atoms with Crippen molar-refractivity contribution in [1.29, 1.82) is 0 Å². The van der Waals surface area contributed by atoms with Gasteiger partial charge in [-0.3, -0.25) is 9.59 Å². The van der Waals surface area contributed by atoms with Crippen LogP contribution in [0.25, 0.3) is 22.3 Å². The van der Waals surface area contributed by atoms with Gasteiger partial charge < -0.3 is 34.3 Å². The molecule has 6 rings (SSSR count). The molecular weight excluding hydrogens is 812 g/mol. The van der Waals surface area contributed by atoms with Gasteiger partial charge in [0.05, 0.1) is 46.8 Å². The minimum atomic E-state index is -0.913. The van der Waals surface area contributed by atoms with Crippen molar-refractivity contribution in [2.24, 2.45) is 0 Å². The molecule has 11 nitrogen and oxygen atoms in total. The Morgan fingerprint density at radius 2 is 1.12 bits per heavy atom. The molecule has 2 heterocycles. The van der Waals surface area contributed by atoms with E-state index in [9.17, 15) is 24.9 Å². The summed E-state index contributed by atoms with van der Waals surface area (Å²) in [6, 6.07) is 19.2. The van der Waals surface area contributed by atoms with Gasteiger partial charge in [0, 0.05) is 49.6 Å². The van der Waals surface area contributed by atoms with E-state index in [1.165, 1.54) is 22.7 Å². The number of carboxylic acid groups (broad SMARTS) is 2. The molecule has 57 heavy (non-hydrogen) atoms. The van der Waals surface area contributed by atoms with Crippen molar-refractivity contribution >= 4 is 57.8 Å². The number of benzene rings is 4. The van der Waals surface area contributed by atoms with Crippen LogP contribution in [0.4, 0.5) is 0 Å². The largest absolute Gasteiger partial charge is 0.508 e. The van der Waals surface area contributed by atoms with Gasteiger partial charge in [-0.1, -0.05) is 35.3 Å². The summed E-state index contributed by atoms with van der Waals surface area (Å²) in [5, 5.41) is 31.1. The summed E-state index contributed by atoms with van der Waals surface area (Å²) in [7, 11) is 6.23. The van der Waals surface area contributed by atoms with E-state index in [2.05, 4.69) is 9.97 Å². The van der Waals surface area contributed by atoms with E-state index in [-0.39, 0.29) is 18.6 Å². The third-order valence-electron chi connectivity index (χ3n) is 8.79. The second kappa shape index (κ2) is 19.2. The monoisotopic (exact) mass is 850 g/mol. The van der Waals surface area contributed by atoms with Gasteiger partial charge in [-0.2, -0.15) is 0 Å². The number of rotatable bonds is 14. The van der Waals surface area contributed by atoms with Crippen molar-refractivity contribution < 1.29 is 43.9 Å². The summed E-state index contributed by atoms with van der Waals surface area (Å²) >= 11 is 15.7. The number of halogens is 2. The number of carboxylic acids is 2. The van der Waals surface area contributed by atoms with Gasteiger partial charge in [0.1, 0.15) is 27.3 Å². The number of hydrogen-bond acceptors (Lipinski definition) is 11. The Morgan fingerprint density at radius 3 is 1.58 bits per heavy atom. The van der Waals surface area contributed by atoms with Gasteiger partial charge >= 0.3 is 11.9 Å². The van der Waals surface area contributed by atoms with Gasteiger partial charge in [0.25, 0.3) is 0 Å². The lowest BCUT2D eigenvalue weighted by molar-refractivity contribution is -0.138. The molecule has 0 saturated carbocycles. The number of methoxy groups -OCH3 is 4. The van der Waals surface area contributed by atoms with Crippen molar-refractivity contribution in [2.75, 3.05) is 28.4 Å². The molecule has 0 aliphatic carbocycles. The van der Waals surface area contributed by atoms with Crippen molar-refractivity contribution in [2.45, 2.75) is 38.5 Å². The molecule has 0 aliphatic heterocycles. The number of phenolic OH excluding ortho intramolecular Hbond substituents is 1. The molecule has 2 aromatic heterocycles. The summed E-state index contributed by atoms with van der Waals surface area (Å²) in [6.45, 7) is 3.87. The predicted octanol–water partition coefficient (Wildman–Crippen LogP) is 10.5. The molecule has 0 amide bonds. The second-order valence-corrected chi connectivity index (χ2v) is 16.1. The molecule has 15 heteroatoms. The highest BCUT2D eigenvalue weighted by Crippen LogP contribution is 2.46. The van der Waals surface area contributed by atoms with Gasteiger partial charge in [-0.15, -0.1) is 22.7 Å². The SMILES string of the molecule is COc1ccc(O)cc1-c1cc(Cl)cc(C(CC(=O)O)c2ncc(C)s2)c1.COc1ccc(OC)c(-c2cc(Cl)cc(C(CC(=O)O)c3ncc(C)s3)c2)c1OC.